The Labute approximate surface area is 108 Å². The van der Waals surface area contributed by atoms with E-state index in [2.05, 4.69) is 12.2 Å². The van der Waals surface area contributed by atoms with E-state index in [1.54, 1.807) is 19.1 Å². The maximum absolute atomic E-state index is 13.3. The highest BCUT2D eigenvalue weighted by Crippen LogP contribution is 2.10. The molecule has 1 unspecified atom stereocenters. The number of halogens is 1. The van der Waals surface area contributed by atoms with Crippen LogP contribution in [0.2, 0.25) is 0 Å². The Morgan fingerprint density at radius 1 is 1.50 bits per heavy atom. The highest BCUT2D eigenvalue weighted by molar-refractivity contribution is 5.94. The smallest absolute Gasteiger partial charge is 0.251 e. The van der Waals surface area contributed by atoms with Crippen LogP contribution in [0.25, 0.3) is 0 Å². The lowest BCUT2D eigenvalue weighted by Crippen LogP contribution is -2.30. The zero-order valence-electron chi connectivity index (χ0n) is 11.0. The lowest BCUT2D eigenvalue weighted by atomic mass is 10.0. The van der Waals surface area contributed by atoms with Gasteiger partial charge in [0.15, 0.2) is 0 Å². The van der Waals surface area contributed by atoms with Crippen LogP contribution in [0.4, 0.5) is 4.39 Å². The normalized spacial score (nSPS) is 12.2. The molecule has 0 radical (unpaired) electrons. The van der Waals surface area contributed by atoms with Gasteiger partial charge in [0, 0.05) is 12.1 Å². The first-order valence-corrected chi connectivity index (χ1v) is 6.32. The van der Waals surface area contributed by atoms with Gasteiger partial charge in [-0.05, 0) is 43.5 Å². The van der Waals surface area contributed by atoms with Crippen LogP contribution in [0, 0.1) is 18.7 Å². The van der Waals surface area contributed by atoms with Crippen molar-refractivity contribution in [3.05, 3.63) is 35.1 Å². The summed E-state index contributed by atoms with van der Waals surface area (Å²) >= 11 is 0. The number of carbonyl (C=O) groups excluding carboxylic acids is 1. The van der Waals surface area contributed by atoms with Crippen molar-refractivity contribution in [2.24, 2.45) is 11.7 Å². The van der Waals surface area contributed by atoms with Crippen LogP contribution in [0.5, 0.6) is 0 Å². The van der Waals surface area contributed by atoms with Crippen molar-refractivity contribution in [1.82, 2.24) is 5.32 Å². The minimum absolute atomic E-state index is 0.232. The topological polar surface area (TPSA) is 55.1 Å². The van der Waals surface area contributed by atoms with Crippen molar-refractivity contribution in [3.8, 4) is 0 Å². The van der Waals surface area contributed by atoms with Gasteiger partial charge in [-0.2, -0.15) is 0 Å². The first-order chi connectivity index (χ1) is 8.58. The molecule has 1 rings (SSSR count). The zero-order valence-corrected chi connectivity index (χ0v) is 11.0. The highest BCUT2D eigenvalue weighted by atomic mass is 19.1. The summed E-state index contributed by atoms with van der Waals surface area (Å²) < 4.78 is 13.3. The Morgan fingerprint density at radius 3 is 2.78 bits per heavy atom. The van der Waals surface area contributed by atoms with Crippen LogP contribution in [0.15, 0.2) is 18.2 Å². The molecule has 1 amide bonds. The first kappa shape index (κ1) is 14.6. The second kappa shape index (κ2) is 7.11. The van der Waals surface area contributed by atoms with Gasteiger partial charge < -0.3 is 11.1 Å². The highest BCUT2D eigenvalue weighted by Gasteiger charge is 2.10. The molecule has 0 aromatic heterocycles. The predicted octanol–water partition coefficient (Wildman–Crippen LogP) is 2.24. The molecule has 18 heavy (non-hydrogen) atoms. The molecular formula is C14H21FN2O. The predicted molar refractivity (Wildman–Crippen MR) is 70.9 cm³/mol. The third-order valence-electron chi connectivity index (χ3n) is 3.14. The van der Waals surface area contributed by atoms with Gasteiger partial charge in [-0.25, -0.2) is 4.39 Å². The first-order valence-electron chi connectivity index (χ1n) is 6.32. The Balaban J connectivity index is 2.57. The minimum atomic E-state index is -0.350. The number of carbonyl (C=O) groups is 1. The summed E-state index contributed by atoms with van der Waals surface area (Å²) in [6, 6.07) is 4.52. The quantitative estimate of drug-likeness (QED) is 0.815. The van der Waals surface area contributed by atoms with Crippen molar-refractivity contribution >= 4 is 5.91 Å². The summed E-state index contributed by atoms with van der Waals surface area (Å²) in [6.07, 6.45) is 1.86. The number of nitrogens with two attached hydrogens (primary N) is 1. The fraction of sp³-hybridized carbons (Fsp3) is 0.500. The second-order valence-corrected chi connectivity index (χ2v) is 4.53. The second-order valence-electron chi connectivity index (χ2n) is 4.53. The van der Waals surface area contributed by atoms with Gasteiger partial charge in [-0.1, -0.05) is 19.4 Å². The molecule has 0 saturated heterocycles. The number of nitrogens with one attached hydrogen (secondary N) is 1. The molecule has 0 heterocycles. The Kier molecular flexibility index (Phi) is 5.78. The summed E-state index contributed by atoms with van der Waals surface area (Å²) in [7, 11) is 0. The van der Waals surface area contributed by atoms with Crippen LogP contribution >= 0.6 is 0 Å². The van der Waals surface area contributed by atoms with Gasteiger partial charge in [-0.15, -0.1) is 0 Å². The molecule has 1 aromatic rings. The Bertz CT molecular complexity index is 407. The average molecular weight is 252 g/mol. The van der Waals surface area contributed by atoms with Crippen LogP contribution in [0.1, 0.15) is 35.7 Å². The molecule has 1 aromatic carbocycles. The van der Waals surface area contributed by atoms with E-state index in [1.165, 1.54) is 6.07 Å². The van der Waals surface area contributed by atoms with Gasteiger partial charge >= 0.3 is 0 Å². The zero-order chi connectivity index (χ0) is 13.5. The molecule has 0 spiro atoms. The largest absolute Gasteiger partial charge is 0.352 e. The van der Waals surface area contributed by atoms with Gasteiger partial charge in [0.05, 0.1) is 0 Å². The summed E-state index contributed by atoms with van der Waals surface area (Å²) in [5.41, 5.74) is 6.40. The summed E-state index contributed by atoms with van der Waals surface area (Å²) in [5, 5.41) is 2.82. The van der Waals surface area contributed by atoms with E-state index in [4.69, 9.17) is 5.73 Å². The van der Waals surface area contributed by atoms with Crippen LogP contribution in [0.3, 0.4) is 0 Å². The van der Waals surface area contributed by atoms with Gasteiger partial charge in [0.25, 0.3) is 5.91 Å². The van der Waals surface area contributed by atoms with Crippen LogP contribution in [-0.2, 0) is 0 Å². The molecule has 0 aliphatic heterocycles. The molecule has 4 heteroatoms. The third kappa shape index (κ3) is 4.11. The van der Waals surface area contributed by atoms with E-state index in [0.717, 1.165) is 12.8 Å². The molecule has 0 fully saturated rings. The van der Waals surface area contributed by atoms with Crippen molar-refractivity contribution in [3.63, 3.8) is 0 Å². The van der Waals surface area contributed by atoms with Crippen molar-refractivity contribution < 1.29 is 9.18 Å². The van der Waals surface area contributed by atoms with Crippen LogP contribution < -0.4 is 11.1 Å². The number of hydrogen-bond donors (Lipinski definition) is 2. The number of rotatable bonds is 6. The summed E-state index contributed by atoms with van der Waals surface area (Å²) in [6.45, 7) is 4.94. The van der Waals surface area contributed by atoms with E-state index in [-0.39, 0.29) is 11.7 Å². The maximum Gasteiger partial charge on any atom is 0.251 e. The monoisotopic (exact) mass is 252 g/mol. The van der Waals surface area contributed by atoms with Gasteiger partial charge in [0.1, 0.15) is 5.82 Å². The molecule has 0 saturated carbocycles. The number of hydrogen-bond acceptors (Lipinski definition) is 2. The van der Waals surface area contributed by atoms with Crippen molar-refractivity contribution in [1.29, 1.82) is 0 Å². The average Bonchev–Trinajstić information content (AvgIpc) is 2.37. The van der Waals surface area contributed by atoms with E-state index in [1.807, 2.05) is 0 Å². The fourth-order valence-electron chi connectivity index (χ4n) is 1.76. The lowest BCUT2D eigenvalue weighted by molar-refractivity contribution is 0.0945. The Morgan fingerprint density at radius 2 is 2.22 bits per heavy atom. The maximum atomic E-state index is 13.3. The van der Waals surface area contributed by atoms with Crippen molar-refractivity contribution in [2.75, 3.05) is 13.1 Å². The molecule has 1 atom stereocenters. The van der Waals surface area contributed by atoms with Crippen LogP contribution in [-0.4, -0.2) is 19.0 Å². The molecule has 0 bridgehead atoms. The minimum Gasteiger partial charge on any atom is -0.352 e. The third-order valence-corrected chi connectivity index (χ3v) is 3.14. The lowest BCUT2D eigenvalue weighted by Gasteiger charge is -2.14. The SMILES string of the molecule is CCC(CCN)CNC(=O)c1ccc(C)c(F)c1. The molecule has 3 nitrogen and oxygen atoms in total. The van der Waals surface area contributed by atoms with Crippen molar-refractivity contribution in [2.45, 2.75) is 26.7 Å². The summed E-state index contributed by atoms with van der Waals surface area (Å²) in [5.74, 6) is -0.199. The summed E-state index contributed by atoms with van der Waals surface area (Å²) in [4.78, 5) is 11.8. The number of aryl methyl sites for hydroxylation is 1. The number of benzene rings is 1. The molecule has 3 N–H and O–H groups in total. The Hall–Kier alpha value is -1.42. The standard InChI is InChI=1S/C14H21FN2O/c1-3-11(6-7-16)9-17-14(18)12-5-4-10(2)13(15)8-12/h4-5,8,11H,3,6-7,9,16H2,1-2H3,(H,17,18). The molecule has 100 valence electrons. The van der Waals surface area contributed by atoms with Gasteiger partial charge in [-0.3, -0.25) is 4.79 Å². The van der Waals surface area contributed by atoms with E-state index < -0.39 is 0 Å². The van der Waals surface area contributed by atoms with E-state index in [0.29, 0.717) is 30.1 Å². The number of amides is 1. The fourth-order valence-corrected chi connectivity index (χ4v) is 1.76. The molecular weight excluding hydrogens is 231 g/mol. The molecule has 0 aliphatic rings. The molecule has 0 aliphatic carbocycles. The van der Waals surface area contributed by atoms with E-state index in [9.17, 15) is 9.18 Å². The van der Waals surface area contributed by atoms with Gasteiger partial charge in [0.2, 0.25) is 0 Å². The van der Waals surface area contributed by atoms with E-state index >= 15 is 0 Å².